The standard InChI is InChI=1S/C15H23N5O/c1-3-16-13-9(2)14(20-15(19-13)10-4-5-10)17-8-12(21)18-11-6-7-11/h10-11H,3-8H2,1-2H3,(H,18,21)(H2,16,17,19,20). The Bertz CT molecular complexity index is 537. The fourth-order valence-corrected chi connectivity index (χ4v) is 2.24. The average Bonchev–Trinajstić information content (AvgIpc) is 3.33. The lowest BCUT2D eigenvalue weighted by Crippen LogP contribution is -2.31. The van der Waals surface area contributed by atoms with Gasteiger partial charge in [-0.2, -0.15) is 0 Å². The van der Waals surface area contributed by atoms with Gasteiger partial charge in [0.15, 0.2) is 0 Å². The molecule has 2 aliphatic carbocycles. The molecule has 2 saturated carbocycles. The number of hydrogen-bond acceptors (Lipinski definition) is 5. The van der Waals surface area contributed by atoms with Crippen molar-refractivity contribution in [3.05, 3.63) is 11.4 Å². The summed E-state index contributed by atoms with van der Waals surface area (Å²) in [5.41, 5.74) is 0.973. The van der Waals surface area contributed by atoms with Crippen LogP contribution in [0.2, 0.25) is 0 Å². The molecule has 1 aromatic heterocycles. The highest BCUT2D eigenvalue weighted by Crippen LogP contribution is 2.39. The summed E-state index contributed by atoms with van der Waals surface area (Å²) in [5, 5.41) is 9.41. The summed E-state index contributed by atoms with van der Waals surface area (Å²) in [5.74, 6) is 3.06. The minimum Gasteiger partial charge on any atom is -0.370 e. The SMILES string of the molecule is CCNc1nc(C2CC2)nc(NCC(=O)NC2CC2)c1C. The van der Waals surface area contributed by atoms with Crippen molar-refractivity contribution in [2.24, 2.45) is 0 Å². The molecule has 21 heavy (non-hydrogen) atoms. The molecule has 3 rings (SSSR count). The third-order valence-corrected chi connectivity index (χ3v) is 3.81. The zero-order valence-corrected chi connectivity index (χ0v) is 12.7. The molecule has 0 bridgehead atoms. The lowest BCUT2D eigenvalue weighted by atomic mass is 10.2. The van der Waals surface area contributed by atoms with E-state index in [-0.39, 0.29) is 12.5 Å². The number of amides is 1. The fourth-order valence-electron chi connectivity index (χ4n) is 2.24. The number of aromatic nitrogens is 2. The Morgan fingerprint density at radius 2 is 1.81 bits per heavy atom. The first-order chi connectivity index (χ1) is 10.2. The van der Waals surface area contributed by atoms with Gasteiger partial charge >= 0.3 is 0 Å². The molecule has 0 unspecified atom stereocenters. The summed E-state index contributed by atoms with van der Waals surface area (Å²) < 4.78 is 0. The Morgan fingerprint density at radius 1 is 1.14 bits per heavy atom. The van der Waals surface area contributed by atoms with Crippen LogP contribution in [0.5, 0.6) is 0 Å². The van der Waals surface area contributed by atoms with Crippen molar-refractivity contribution in [3.8, 4) is 0 Å². The fraction of sp³-hybridized carbons (Fsp3) is 0.667. The highest BCUT2D eigenvalue weighted by molar-refractivity contribution is 5.81. The van der Waals surface area contributed by atoms with Gasteiger partial charge in [0.2, 0.25) is 5.91 Å². The molecule has 0 spiro atoms. The van der Waals surface area contributed by atoms with Crippen LogP contribution >= 0.6 is 0 Å². The first-order valence-electron chi connectivity index (χ1n) is 7.83. The molecule has 3 N–H and O–H groups in total. The number of nitrogens with zero attached hydrogens (tertiary/aromatic N) is 2. The Balaban J connectivity index is 1.70. The van der Waals surface area contributed by atoms with Crippen molar-refractivity contribution in [3.63, 3.8) is 0 Å². The second-order valence-electron chi connectivity index (χ2n) is 5.90. The Labute approximate surface area is 125 Å². The lowest BCUT2D eigenvalue weighted by Gasteiger charge is -2.14. The van der Waals surface area contributed by atoms with Gasteiger partial charge in [-0.15, -0.1) is 0 Å². The number of carbonyl (C=O) groups excluding carboxylic acids is 1. The zero-order chi connectivity index (χ0) is 14.8. The van der Waals surface area contributed by atoms with E-state index in [1.165, 1.54) is 0 Å². The van der Waals surface area contributed by atoms with E-state index in [1.54, 1.807) is 0 Å². The molecule has 6 nitrogen and oxygen atoms in total. The molecule has 114 valence electrons. The van der Waals surface area contributed by atoms with Crippen molar-refractivity contribution in [1.82, 2.24) is 15.3 Å². The molecule has 2 fully saturated rings. The zero-order valence-electron chi connectivity index (χ0n) is 12.7. The van der Waals surface area contributed by atoms with Crippen LogP contribution in [0.1, 0.15) is 49.9 Å². The summed E-state index contributed by atoms with van der Waals surface area (Å²) in [4.78, 5) is 21.0. The molecule has 1 amide bonds. The maximum atomic E-state index is 11.8. The van der Waals surface area contributed by atoms with Crippen molar-refractivity contribution >= 4 is 17.5 Å². The van der Waals surface area contributed by atoms with Crippen LogP contribution in [0.4, 0.5) is 11.6 Å². The van der Waals surface area contributed by atoms with Crippen LogP contribution < -0.4 is 16.0 Å². The second-order valence-corrected chi connectivity index (χ2v) is 5.90. The molecular formula is C15H23N5O. The van der Waals surface area contributed by atoms with E-state index in [4.69, 9.17) is 0 Å². The molecule has 6 heteroatoms. The minimum absolute atomic E-state index is 0.0356. The Morgan fingerprint density at radius 3 is 2.38 bits per heavy atom. The van der Waals surface area contributed by atoms with E-state index in [2.05, 4.69) is 32.8 Å². The third-order valence-electron chi connectivity index (χ3n) is 3.81. The lowest BCUT2D eigenvalue weighted by molar-refractivity contribution is -0.119. The van der Waals surface area contributed by atoms with Gasteiger partial charge in [-0.25, -0.2) is 9.97 Å². The summed E-state index contributed by atoms with van der Waals surface area (Å²) in [6.07, 6.45) is 4.54. The summed E-state index contributed by atoms with van der Waals surface area (Å²) in [6, 6.07) is 0.394. The van der Waals surface area contributed by atoms with Crippen LogP contribution in [0.15, 0.2) is 0 Å². The van der Waals surface area contributed by atoms with E-state index < -0.39 is 0 Å². The summed E-state index contributed by atoms with van der Waals surface area (Å²) in [7, 11) is 0. The normalized spacial score (nSPS) is 17.4. The average molecular weight is 289 g/mol. The van der Waals surface area contributed by atoms with E-state index >= 15 is 0 Å². The van der Waals surface area contributed by atoms with Gasteiger partial charge in [-0.3, -0.25) is 4.79 Å². The van der Waals surface area contributed by atoms with Gasteiger partial charge in [-0.05, 0) is 39.5 Å². The van der Waals surface area contributed by atoms with Crippen LogP contribution in [0, 0.1) is 6.92 Å². The van der Waals surface area contributed by atoms with E-state index in [0.717, 1.165) is 55.3 Å². The molecule has 1 aromatic rings. The molecule has 0 radical (unpaired) electrons. The number of anilines is 2. The van der Waals surface area contributed by atoms with Gasteiger partial charge in [0.05, 0.1) is 6.54 Å². The molecule has 0 atom stereocenters. The van der Waals surface area contributed by atoms with Crippen molar-refractivity contribution < 1.29 is 4.79 Å². The number of carbonyl (C=O) groups is 1. The predicted molar refractivity (Wildman–Crippen MR) is 82.6 cm³/mol. The molecular weight excluding hydrogens is 266 g/mol. The molecule has 0 aliphatic heterocycles. The van der Waals surface area contributed by atoms with Gasteiger partial charge in [-0.1, -0.05) is 0 Å². The van der Waals surface area contributed by atoms with Crippen LogP contribution in [0.3, 0.4) is 0 Å². The molecule has 1 heterocycles. The third kappa shape index (κ3) is 3.62. The first kappa shape index (κ1) is 14.1. The summed E-state index contributed by atoms with van der Waals surface area (Å²) in [6.45, 7) is 5.12. The van der Waals surface area contributed by atoms with Crippen molar-refractivity contribution in [2.75, 3.05) is 23.7 Å². The van der Waals surface area contributed by atoms with Crippen LogP contribution in [0.25, 0.3) is 0 Å². The van der Waals surface area contributed by atoms with Crippen molar-refractivity contribution in [2.45, 2.75) is 51.5 Å². The van der Waals surface area contributed by atoms with Gasteiger partial charge in [0.1, 0.15) is 17.5 Å². The quantitative estimate of drug-likeness (QED) is 0.713. The topological polar surface area (TPSA) is 78.9 Å². The molecule has 0 aromatic carbocycles. The van der Waals surface area contributed by atoms with E-state index in [9.17, 15) is 4.79 Å². The maximum Gasteiger partial charge on any atom is 0.239 e. The Kier molecular flexibility index (Phi) is 3.94. The van der Waals surface area contributed by atoms with E-state index in [1.807, 2.05) is 6.92 Å². The largest absolute Gasteiger partial charge is 0.370 e. The van der Waals surface area contributed by atoms with Gasteiger partial charge in [0, 0.05) is 24.1 Å². The van der Waals surface area contributed by atoms with Crippen LogP contribution in [-0.2, 0) is 4.79 Å². The minimum atomic E-state index is 0.0356. The monoisotopic (exact) mass is 289 g/mol. The summed E-state index contributed by atoms with van der Waals surface area (Å²) >= 11 is 0. The smallest absolute Gasteiger partial charge is 0.239 e. The van der Waals surface area contributed by atoms with Gasteiger partial charge < -0.3 is 16.0 Å². The maximum absolute atomic E-state index is 11.8. The first-order valence-corrected chi connectivity index (χ1v) is 7.83. The molecule has 0 saturated heterocycles. The highest BCUT2D eigenvalue weighted by atomic mass is 16.2. The number of rotatable bonds is 7. The van der Waals surface area contributed by atoms with Crippen LogP contribution in [-0.4, -0.2) is 35.0 Å². The number of hydrogen-bond donors (Lipinski definition) is 3. The number of nitrogens with one attached hydrogen (secondary N) is 3. The highest BCUT2D eigenvalue weighted by Gasteiger charge is 2.28. The van der Waals surface area contributed by atoms with Gasteiger partial charge in [0.25, 0.3) is 0 Å². The predicted octanol–water partition coefficient (Wildman–Crippen LogP) is 1.78. The van der Waals surface area contributed by atoms with Crippen molar-refractivity contribution in [1.29, 1.82) is 0 Å². The van der Waals surface area contributed by atoms with E-state index in [0.29, 0.717) is 12.0 Å². The second kappa shape index (κ2) is 5.87. The molecule has 2 aliphatic rings. The Hall–Kier alpha value is -1.85.